The minimum atomic E-state index is -0.337. The molecule has 2 rings (SSSR count). The molecule has 2 aromatic carbocycles. The van der Waals surface area contributed by atoms with Crippen molar-refractivity contribution in [2.24, 2.45) is 5.41 Å². The van der Waals surface area contributed by atoms with Crippen LogP contribution in [0.3, 0.4) is 0 Å². The maximum Gasteiger partial charge on any atom is 0.225 e. The van der Waals surface area contributed by atoms with Gasteiger partial charge in [0.1, 0.15) is 0 Å². The lowest BCUT2D eigenvalue weighted by atomic mass is 9.85. The molecular formula is C21H28N2O. The van der Waals surface area contributed by atoms with Crippen LogP contribution in [0.1, 0.15) is 37.8 Å². The Morgan fingerprint density at radius 3 is 2.25 bits per heavy atom. The minimum Gasteiger partial charge on any atom is -0.399 e. The fourth-order valence-electron chi connectivity index (χ4n) is 2.74. The van der Waals surface area contributed by atoms with E-state index in [1.807, 2.05) is 44.2 Å². The number of aryl methyl sites for hydroxylation is 1. The second kappa shape index (κ2) is 8.53. The summed E-state index contributed by atoms with van der Waals surface area (Å²) in [5, 5.41) is 3.06. The number of anilines is 1. The van der Waals surface area contributed by atoms with Crippen LogP contribution in [0.5, 0.6) is 0 Å². The van der Waals surface area contributed by atoms with E-state index in [0.717, 1.165) is 31.4 Å². The zero-order valence-electron chi connectivity index (χ0n) is 14.7. The number of hydrogen-bond donors (Lipinski definition) is 2. The third-order valence-electron chi connectivity index (χ3n) is 4.40. The van der Waals surface area contributed by atoms with E-state index >= 15 is 0 Å². The van der Waals surface area contributed by atoms with Crippen LogP contribution >= 0.6 is 0 Å². The van der Waals surface area contributed by atoms with Crippen LogP contribution in [-0.2, 0) is 17.6 Å². The molecule has 24 heavy (non-hydrogen) atoms. The molecule has 0 spiro atoms. The molecule has 0 aromatic heterocycles. The first-order valence-electron chi connectivity index (χ1n) is 8.64. The van der Waals surface area contributed by atoms with E-state index in [1.165, 1.54) is 11.1 Å². The average Bonchev–Trinajstić information content (AvgIpc) is 2.57. The summed E-state index contributed by atoms with van der Waals surface area (Å²) < 4.78 is 0. The summed E-state index contributed by atoms with van der Waals surface area (Å²) in [6.07, 6.45) is 3.74. The number of hydrogen-bond acceptors (Lipinski definition) is 2. The molecule has 0 fully saturated rings. The summed E-state index contributed by atoms with van der Waals surface area (Å²) in [5.41, 5.74) is 8.63. The lowest BCUT2D eigenvalue weighted by Crippen LogP contribution is -2.38. The van der Waals surface area contributed by atoms with Gasteiger partial charge < -0.3 is 11.1 Å². The molecule has 0 saturated heterocycles. The standard InChI is InChI=1S/C21H28N2O/c1-21(2,15-6-9-17-7-4-3-5-8-17)20(24)23-16-14-18-10-12-19(22)13-11-18/h3-5,7-8,10-13H,6,9,14-16,22H2,1-2H3,(H,23,24). The van der Waals surface area contributed by atoms with E-state index in [2.05, 4.69) is 29.6 Å². The van der Waals surface area contributed by atoms with Crippen LogP contribution in [-0.4, -0.2) is 12.5 Å². The van der Waals surface area contributed by atoms with Gasteiger partial charge in [-0.15, -0.1) is 0 Å². The highest BCUT2D eigenvalue weighted by Crippen LogP contribution is 2.23. The van der Waals surface area contributed by atoms with Crippen LogP contribution in [0.2, 0.25) is 0 Å². The summed E-state index contributed by atoms with van der Waals surface area (Å²) in [6, 6.07) is 18.2. The Morgan fingerprint density at radius 1 is 0.958 bits per heavy atom. The number of benzene rings is 2. The van der Waals surface area contributed by atoms with Gasteiger partial charge in [0.15, 0.2) is 0 Å². The molecule has 3 nitrogen and oxygen atoms in total. The highest BCUT2D eigenvalue weighted by molar-refractivity contribution is 5.81. The van der Waals surface area contributed by atoms with E-state index in [4.69, 9.17) is 5.73 Å². The summed E-state index contributed by atoms with van der Waals surface area (Å²) >= 11 is 0. The molecule has 0 aliphatic heterocycles. The van der Waals surface area contributed by atoms with Crippen molar-refractivity contribution in [3.05, 3.63) is 65.7 Å². The van der Waals surface area contributed by atoms with Gasteiger partial charge in [0, 0.05) is 17.6 Å². The fraction of sp³-hybridized carbons (Fsp3) is 0.381. The first-order valence-corrected chi connectivity index (χ1v) is 8.64. The van der Waals surface area contributed by atoms with Crippen molar-refractivity contribution in [3.8, 4) is 0 Å². The number of carbonyl (C=O) groups excluding carboxylic acids is 1. The van der Waals surface area contributed by atoms with Gasteiger partial charge in [-0.1, -0.05) is 56.3 Å². The van der Waals surface area contributed by atoms with E-state index < -0.39 is 0 Å². The van der Waals surface area contributed by atoms with Crippen molar-refractivity contribution in [3.63, 3.8) is 0 Å². The number of carbonyl (C=O) groups is 1. The summed E-state index contributed by atoms with van der Waals surface area (Å²) in [5.74, 6) is 0.131. The predicted molar refractivity (Wildman–Crippen MR) is 101 cm³/mol. The molecule has 128 valence electrons. The second-order valence-electron chi connectivity index (χ2n) is 6.97. The molecule has 0 saturated carbocycles. The summed E-state index contributed by atoms with van der Waals surface area (Å²) in [7, 11) is 0. The smallest absolute Gasteiger partial charge is 0.225 e. The summed E-state index contributed by atoms with van der Waals surface area (Å²) in [6.45, 7) is 4.71. The number of amides is 1. The van der Waals surface area contributed by atoms with Crippen LogP contribution < -0.4 is 11.1 Å². The van der Waals surface area contributed by atoms with Gasteiger partial charge in [-0.3, -0.25) is 4.79 Å². The third-order valence-corrected chi connectivity index (χ3v) is 4.40. The van der Waals surface area contributed by atoms with Crippen molar-refractivity contribution in [2.45, 2.75) is 39.5 Å². The van der Waals surface area contributed by atoms with E-state index in [9.17, 15) is 4.79 Å². The Morgan fingerprint density at radius 2 is 1.58 bits per heavy atom. The van der Waals surface area contributed by atoms with Crippen molar-refractivity contribution >= 4 is 11.6 Å². The quantitative estimate of drug-likeness (QED) is 0.722. The van der Waals surface area contributed by atoms with Crippen LogP contribution in [0.25, 0.3) is 0 Å². The molecule has 2 aromatic rings. The van der Waals surface area contributed by atoms with Gasteiger partial charge in [-0.2, -0.15) is 0 Å². The maximum absolute atomic E-state index is 12.4. The van der Waals surface area contributed by atoms with Crippen LogP contribution in [0.4, 0.5) is 5.69 Å². The topological polar surface area (TPSA) is 55.1 Å². The van der Waals surface area contributed by atoms with Crippen molar-refractivity contribution in [1.29, 1.82) is 0 Å². The van der Waals surface area contributed by atoms with Gasteiger partial charge in [0.25, 0.3) is 0 Å². The molecule has 3 N–H and O–H groups in total. The Labute approximate surface area is 145 Å². The van der Waals surface area contributed by atoms with Gasteiger partial charge in [-0.25, -0.2) is 0 Å². The van der Waals surface area contributed by atoms with Gasteiger partial charge in [0.2, 0.25) is 5.91 Å². The molecule has 0 atom stereocenters. The number of nitrogens with one attached hydrogen (secondary N) is 1. The summed E-state index contributed by atoms with van der Waals surface area (Å²) in [4.78, 5) is 12.4. The normalized spacial score (nSPS) is 11.2. The second-order valence-corrected chi connectivity index (χ2v) is 6.97. The van der Waals surface area contributed by atoms with Gasteiger partial charge in [0.05, 0.1) is 0 Å². The highest BCUT2D eigenvalue weighted by Gasteiger charge is 2.26. The monoisotopic (exact) mass is 324 g/mol. The van der Waals surface area contributed by atoms with Crippen LogP contribution in [0, 0.1) is 5.41 Å². The van der Waals surface area contributed by atoms with Gasteiger partial charge in [-0.05, 0) is 48.9 Å². The Hall–Kier alpha value is -2.29. The molecule has 0 bridgehead atoms. The third kappa shape index (κ3) is 5.73. The Balaban J connectivity index is 1.72. The van der Waals surface area contributed by atoms with Crippen molar-refractivity contribution in [2.75, 3.05) is 12.3 Å². The lowest BCUT2D eigenvalue weighted by Gasteiger charge is -2.23. The average molecular weight is 324 g/mol. The molecule has 0 radical (unpaired) electrons. The molecule has 0 unspecified atom stereocenters. The van der Waals surface area contributed by atoms with Gasteiger partial charge >= 0.3 is 0 Å². The van der Waals surface area contributed by atoms with E-state index in [-0.39, 0.29) is 11.3 Å². The fourth-order valence-corrected chi connectivity index (χ4v) is 2.74. The first kappa shape index (κ1) is 18.1. The predicted octanol–water partition coefficient (Wildman–Crippen LogP) is 3.98. The molecule has 0 aliphatic carbocycles. The SMILES string of the molecule is CC(C)(CCCc1ccccc1)C(=O)NCCc1ccc(N)cc1. The largest absolute Gasteiger partial charge is 0.399 e. The number of nitrogen functional groups attached to an aromatic ring is 1. The lowest BCUT2D eigenvalue weighted by molar-refractivity contribution is -0.129. The molecule has 3 heteroatoms. The zero-order chi connectivity index (χ0) is 17.4. The molecule has 0 heterocycles. The molecule has 1 amide bonds. The zero-order valence-corrected chi connectivity index (χ0v) is 14.7. The number of rotatable bonds is 8. The Bertz CT molecular complexity index is 633. The first-order chi connectivity index (χ1) is 11.5. The van der Waals surface area contributed by atoms with Crippen LogP contribution in [0.15, 0.2) is 54.6 Å². The molecule has 0 aliphatic rings. The number of nitrogens with two attached hydrogens (primary N) is 1. The van der Waals surface area contributed by atoms with E-state index in [0.29, 0.717) is 6.54 Å². The highest BCUT2D eigenvalue weighted by atomic mass is 16.2. The Kier molecular flexibility index (Phi) is 6.42. The minimum absolute atomic E-state index is 0.131. The van der Waals surface area contributed by atoms with E-state index in [1.54, 1.807) is 0 Å². The van der Waals surface area contributed by atoms with Crippen molar-refractivity contribution in [1.82, 2.24) is 5.32 Å². The van der Waals surface area contributed by atoms with Crippen molar-refractivity contribution < 1.29 is 4.79 Å². The maximum atomic E-state index is 12.4. The molecular weight excluding hydrogens is 296 g/mol.